The van der Waals surface area contributed by atoms with Gasteiger partial charge in [-0.25, -0.2) is 0 Å². The summed E-state index contributed by atoms with van der Waals surface area (Å²) in [6.45, 7) is 0.568. The van der Waals surface area contributed by atoms with Crippen LogP contribution in [-0.4, -0.2) is 23.3 Å². The molecule has 0 aromatic heterocycles. The Balaban J connectivity index is 1.35. The highest BCUT2D eigenvalue weighted by Gasteiger charge is 2.33. The van der Waals surface area contributed by atoms with Crippen molar-refractivity contribution in [2.24, 2.45) is 0 Å². The average molecular weight is 435 g/mol. The number of phenols is 1. The zero-order valence-corrected chi connectivity index (χ0v) is 17.7. The summed E-state index contributed by atoms with van der Waals surface area (Å²) in [7, 11) is 0. The first-order valence-electron chi connectivity index (χ1n) is 10.7. The number of ketones is 2. The van der Waals surface area contributed by atoms with E-state index >= 15 is 0 Å². The predicted molar refractivity (Wildman–Crippen MR) is 127 cm³/mol. The van der Waals surface area contributed by atoms with Gasteiger partial charge in [-0.3, -0.25) is 9.59 Å². The van der Waals surface area contributed by atoms with E-state index < -0.39 is 0 Å². The molecule has 0 amide bonds. The molecule has 0 fully saturated rings. The van der Waals surface area contributed by atoms with E-state index in [4.69, 9.17) is 4.74 Å². The molecule has 0 radical (unpaired) electrons. The van der Waals surface area contributed by atoms with Crippen LogP contribution in [0.5, 0.6) is 11.5 Å². The first kappa shape index (κ1) is 20.5. The third-order valence-electron chi connectivity index (χ3n) is 5.69. The molecule has 0 saturated heterocycles. The Bertz CT molecular complexity index is 1340. The molecule has 5 heteroatoms. The Morgan fingerprint density at radius 2 is 1.33 bits per heavy atom. The SMILES string of the molecule is O=C1c2ccccc2C(=O)c2c(Nc3ccc(OCCc4ccccc4)cc3)ccc(O)c21. The molecular weight excluding hydrogens is 414 g/mol. The third kappa shape index (κ3) is 3.96. The number of hydrogen-bond acceptors (Lipinski definition) is 5. The van der Waals surface area contributed by atoms with E-state index in [1.165, 1.54) is 11.6 Å². The second-order valence-electron chi connectivity index (χ2n) is 7.82. The molecule has 1 aliphatic carbocycles. The highest BCUT2D eigenvalue weighted by Crippen LogP contribution is 2.38. The second kappa shape index (κ2) is 8.63. The van der Waals surface area contributed by atoms with E-state index in [2.05, 4.69) is 17.4 Å². The number of anilines is 2. The summed E-state index contributed by atoms with van der Waals surface area (Å²) in [5, 5.41) is 13.6. The molecule has 1 aliphatic rings. The van der Waals surface area contributed by atoms with Crippen LogP contribution in [0.4, 0.5) is 11.4 Å². The first-order chi connectivity index (χ1) is 16.1. The van der Waals surface area contributed by atoms with Crippen molar-refractivity contribution in [2.75, 3.05) is 11.9 Å². The Kier molecular flexibility index (Phi) is 5.37. The van der Waals surface area contributed by atoms with Crippen LogP contribution >= 0.6 is 0 Å². The summed E-state index contributed by atoms with van der Waals surface area (Å²) in [4.78, 5) is 26.2. The van der Waals surface area contributed by atoms with Gasteiger partial charge in [0.05, 0.1) is 23.4 Å². The summed E-state index contributed by atoms with van der Waals surface area (Å²) in [5.74, 6) is -0.113. The van der Waals surface area contributed by atoms with Crippen molar-refractivity contribution in [1.82, 2.24) is 0 Å². The fourth-order valence-corrected chi connectivity index (χ4v) is 4.03. The molecule has 162 valence electrons. The molecule has 2 N–H and O–H groups in total. The molecule has 0 saturated carbocycles. The van der Waals surface area contributed by atoms with Crippen molar-refractivity contribution in [3.8, 4) is 11.5 Å². The summed E-state index contributed by atoms with van der Waals surface area (Å²) in [6.07, 6.45) is 0.818. The minimum atomic E-state index is -0.358. The minimum absolute atomic E-state index is 0.0320. The van der Waals surface area contributed by atoms with E-state index in [1.807, 2.05) is 42.5 Å². The lowest BCUT2D eigenvalue weighted by Gasteiger charge is -2.21. The molecular formula is C28H21NO4. The van der Waals surface area contributed by atoms with Gasteiger partial charge >= 0.3 is 0 Å². The van der Waals surface area contributed by atoms with Gasteiger partial charge in [0.25, 0.3) is 0 Å². The van der Waals surface area contributed by atoms with Crippen LogP contribution in [0.15, 0.2) is 91.0 Å². The van der Waals surface area contributed by atoms with Gasteiger partial charge in [0.2, 0.25) is 0 Å². The number of rotatable bonds is 6. The van der Waals surface area contributed by atoms with Gasteiger partial charge in [-0.05, 0) is 42.0 Å². The maximum Gasteiger partial charge on any atom is 0.198 e. The molecule has 5 nitrogen and oxygen atoms in total. The van der Waals surface area contributed by atoms with Crippen molar-refractivity contribution in [3.63, 3.8) is 0 Å². The number of aromatic hydroxyl groups is 1. The van der Waals surface area contributed by atoms with E-state index in [1.54, 1.807) is 30.3 Å². The number of hydrogen-bond donors (Lipinski definition) is 2. The molecule has 0 spiro atoms. The van der Waals surface area contributed by atoms with Gasteiger partial charge in [0.1, 0.15) is 11.5 Å². The topological polar surface area (TPSA) is 75.6 Å². The molecule has 4 aromatic rings. The van der Waals surface area contributed by atoms with Crippen LogP contribution in [0.25, 0.3) is 0 Å². The fourth-order valence-electron chi connectivity index (χ4n) is 4.03. The lowest BCUT2D eigenvalue weighted by molar-refractivity contribution is 0.0977. The average Bonchev–Trinajstić information content (AvgIpc) is 2.85. The van der Waals surface area contributed by atoms with Crippen LogP contribution in [0.2, 0.25) is 0 Å². The van der Waals surface area contributed by atoms with Crippen molar-refractivity contribution < 1.29 is 19.4 Å². The largest absolute Gasteiger partial charge is 0.507 e. The maximum atomic E-state index is 13.2. The summed E-state index contributed by atoms with van der Waals surface area (Å²) in [5.41, 5.74) is 3.27. The highest BCUT2D eigenvalue weighted by atomic mass is 16.5. The van der Waals surface area contributed by atoms with Gasteiger partial charge in [0.15, 0.2) is 11.6 Å². The molecule has 0 atom stereocenters. The van der Waals surface area contributed by atoms with Crippen LogP contribution in [0.1, 0.15) is 37.4 Å². The van der Waals surface area contributed by atoms with Gasteiger partial charge in [-0.1, -0.05) is 54.6 Å². The van der Waals surface area contributed by atoms with Crippen LogP contribution in [0.3, 0.4) is 0 Å². The zero-order valence-electron chi connectivity index (χ0n) is 17.7. The molecule has 0 aliphatic heterocycles. The number of benzene rings is 4. The van der Waals surface area contributed by atoms with Gasteiger partial charge < -0.3 is 15.2 Å². The molecule has 33 heavy (non-hydrogen) atoms. The summed E-state index contributed by atoms with van der Waals surface area (Å²) < 4.78 is 5.83. The molecule has 4 aromatic carbocycles. The zero-order chi connectivity index (χ0) is 22.8. The smallest absolute Gasteiger partial charge is 0.198 e. The Morgan fingerprint density at radius 1 is 0.697 bits per heavy atom. The number of fused-ring (bicyclic) bond motifs is 2. The van der Waals surface area contributed by atoms with Crippen LogP contribution in [0, 0.1) is 0 Å². The second-order valence-corrected chi connectivity index (χ2v) is 7.82. The van der Waals surface area contributed by atoms with E-state index in [9.17, 15) is 14.7 Å². The predicted octanol–water partition coefficient (Wildman–Crippen LogP) is 5.53. The third-order valence-corrected chi connectivity index (χ3v) is 5.69. The number of nitrogens with one attached hydrogen (secondary N) is 1. The van der Waals surface area contributed by atoms with Gasteiger partial charge in [0, 0.05) is 23.2 Å². The molecule has 0 heterocycles. The normalized spacial score (nSPS) is 12.1. The quantitative estimate of drug-likeness (QED) is 0.343. The van der Waals surface area contributed by atoms with Crippen molar-refractivity contribution >= 4 is 22.9 Å². The Morgan fingerprint density at radius 3 is 2.03 bits per heavy atom. The molecule has 0 bridgehead atoms. The highest BCUT2D eigenvalue weighted by molar-refractivity contribution is 6.31. The molecule has 5 rings (SSSR count). The van der Waals surface area contributed by atoms with Gasteiger partial charge in [-0.15, -0.1) is 0 Å². The lowest BCUT2D eigenvalue weighted by atomic mass is 9.82. The number of phenolic OH excluding ortho intramolecular Hbond substituents is 1. The van der Waals surface area contributed by atoms with E-state index in [0.717, 1.165) is 17.9 Å². The summed E-state index contributed by atoms with van der Waals surface area (Å²) >= 11 is 0. The first-order valence-corrected chi connectivity index (χ1v) is 10.7. The van der Waals surface area contributed by atoms with Crippen molar-refractivity contribution in [1.29, 1.82) is 0 Å². The van der Waals surface area contributed by atoms with Crippen molar-refractivity contribution in [2.45, 2.75) is 6.42 Å². The standard InChI is InChI=1S/C28H21NO4/c30-24-15-14-23(25-26(24)28(32)22-9-5-4-8-21(22)27(25)31)29-19-10-12-20(13-11-19)33-17-16-18-6-2-1-3-7-18/h1-15,29-30H,16-17H2. The van der Waals surface area contributed by atoms with E-state index in [0.29, 0.717) is 23.4 Å². The number of ether oxygens (including phenoxy) is 1. The minimum Gasteiger partial charge on any atom is -0.507 e. The lowest BCUT2D eigenvalue weighted by Crippen LogP contribution is -2.22. The molecule has 0 unspecified atom stereocenters. The van der Waals surface area contributed by atoms with Crippen molar-refractivity contribution in [3.05, 3.63) is 119 Å². The van der Waals surface area contributed by atoms with E-state index in [-0.39, 0.29) is 28.4 Å². The summed E-state index contributed by atoms with van der Waals surface area (Å²) in [6, 6.07) is 27.2. The fraction of sp³-hybridized carbons (Fsp3) is 0.0714. The Labute approximate surface area is 191 Å². The van der Waals surface area contributed by atoms with Crippen LogP contribution in [-0.2, 0) is 6.42 Å². The number of carbonyl (C=O) groups excluding carboxylic acids is 2. The van der Waals surface area contributed by atoms with Crippen LogP contribution < -0.4 is 10.1 Å². The van der Waals surface area contributed by atoms with Gasteiger partial charge in [-0.2, -0.15) is 0 Å². The maximum absolute atomic E-state index is 13.2. The Hall–Kier alpha value is -4.38. The monoisotopic (exact) mass is 435 g/mol. The number of carbonyl (C=O) groups is 2.